The highest BCUT2D eigenvalue weighted by Gasteiger charge is 2.45. The Morgan fingerprint density at radius 1 is 1.36 bits per heavy atom. The van der Waals surface area contributed by atoms with Gasteiger partial charge in [-0.25, -0.2) is 4.89 Å². The maximum Gasteiger partial charge on any atom is 0.238 e. The number of hydrogen-bond donors (Lipinski definition) is 0. The molecule has 1 aliphatic carbocycles. The van der Waals surface area contributed by atoms with E-state index in [2.05, 4.69) is 40.4 Å². The zero-order chi connectivity index (χ0) is 17.0. The quantitative estimate of drug-likeness (QED) is 0.271. The van der Waals surface area contributed by atoms with Gasteiger partial charge in [0.15, 0.2) is 0 Å². The van der Waals surface area contributed by atoms with Crippen LogP contribution in [0.25, 0.3) is 0 Å². The maximum absolute atomic E-state index is 11.3. The van der Waals surface area contributed by atoms with E-state index in [0.717, 1.165) is 25.7 Å². The van der Waals surface area contributed by atoms with Crippen LogP contribution in [0.1, 0.15) is 66.2 Å². The molecule has 2 unspecified atom stereocenters. The summed E-state index contributed by atoms with van der Waals surface area (Å²) in [5.41, 5.74) is -0.427. The molecule has 1 fully saturated rings. The van der Waals surface area contributed by atoms with Crippen molar-refractivity contribution in [2.45, 2.75) is 90.0 Å². The van der Waals surface area contributed by atoms with E-state index in [9.17, 15) is 4.79 Å². The third-order valence-corrected chi connectivity index (χ3v) is 9.58. The molecule has 0 N–H and O–H groups in total. The Labute approximate surface area is 137 Å². The molecule has 0 aromatic carbocycles. The molecule has 0 bridgehead atoms. The molecule has 0 aromatic heterocycles. The van der Waals surface area contributed by atoms with E-state index in [1.54, 1.807) is 6.92 Å². The SMILES string of the molecule is C=CC1(OO[Si](C)(C)C(C)(C)C)CCCCC1CCC(C)=O. The van der Waals surface area contributed by atoms with E-state index in [-0.39, 0.29) is 10.8 Å². The lowest BCUT2D eigenvalue weighted by Crippen LogP contribution is -2.48. The van der Waals surface area contributed by atoms with Gasteiger partial charge in [0.25, 0.3) is 0 Å². The number of Topliss-reactive ketones (excluding diaryl/α,β-unsaturated/α-hetero) is 1. The topological polar surface area (TPSA) is 35.5 Å². The van der Waals surface area contributed by atoms with Crippen LogP contribution in [0.3, 0.4) is 0 Å². The molecule has 0 aliphatic heterocycles. The van der Waals surface area contributed by atoms with Crippen molar-refractivity contribution in [3.8, 4) is 0 Å². The summed E-state index contributed by atoms with van der Waals surface area (Å²) < 4.78 is 6.05. The van der Waals surface area contributed by atoms with Crippen LogP contribution in [0, 0.1) is 5.92 Å². The van der Waals surface area contributed by atoms with Gasteiger partial charge in [0, 0.05) is 6.42 Å². The van der Waals surface area contributed by atoms with Crippen molar-refractivity contribution < 1.29 is 14.3 Å². The monoisotopic (exact) mass is 326 g/mol. The fourth-order valence-electron chi connectivity index (χ4n) is 2.73. The number of rotatable bonds is 7. The van der Waals surface area contributed by atoms with Crippen LogP contribution in [-0.4, -0.2) is 19.7 Å². The maximum atomic E-state index is 11.3. The molecule has 0 spiro atoms. The Morgan fingerprint density at radius 2 is 2.00 bits per heavy atom. The van der Waals surface area contributed by atoms with E-state index in [4.69, 9.17) is 9.46 Å². The van der Waals surface area contributed by atoms with Gasteiger partial charge in [0.2, 0.25) is 8.32 Å². The highest BCUT2D eigenvalue weighted by atomic mass is 28.4. The molecule has 128 valence electrons. The van der Waals surface area contributed by atoms with Crippen molar-refractivity contribution in [3.63, 3.8) is 0 Å². The van der Waals surface area contributed by atoms with Gasteiger partial charge in [0.1, 0.15) is 11.4 Å². The minimum atomic E-state index is -1.96. The third kappa shape index (κ3) is 4.77. The van der Waals surface area contributed by atoms with Crippen molar-refractivity contribution in [3.05, 3.63) is 12.7 Å². The first-order valence-electron chi connectivity index (χ1n) is 8.54. The van der Waals surface area contributed by atoms with Crippen molar-refractivity contribution in [2.24, 2.45) is 5.92 Å². The zero-order valence-corrected chi connectivity index (χ0v) is 16.3. The van der Waals surface area contributed by atoms with E-state index in [1.807, 2.05) is 6.08 Å². The fourth-order valence-corrected chi connectivity index (χ4v) is 3.34. The Morgan fingerprint density at radius 3 is 2.50 bits per heavy atom. The molecular weight excluding hydrogens is 292 g/mol. The molecular formula is C18H34O3Si. The van der Waals surface area contributed by atoms with Crippen molar-refractivity contribution >= 4 is 14.1 Å². The van der Waals surface area contributed by atoms with Gasteiger partial charge in [-0.1, -0.05) is 39.7 Å². The Hall–Kier alpha value is -0.453. The zero-order valence-electron chi connectivity index (χ0n) is 15.3. The summed E-state index contributed by atoms with van der Waals surface area (Å²) in [7, 11) is -1.96. The van der Waals surface area contributed by atoms with Gasteiger partial charge in [-0.3, -0.25) is 4.58 Å². The van der Waals surface area contributed by atoms with Crippen LogP contribution in [-0.2, 0) is 14.3 Å². The first-order valence-corrected chi connectivity index (χ1v) is 11.4. The Bertz CT molecular complexity index is 398. The van der Waals surface area contributed by atoms with E-state index in [0.29, 0.717) is 12.3 Å². The summed E-state index contributed by atoms with van der Waals surface area (Å²) >= 11 is 0. The molecule has 4 heteroatoms. The normalized spacial score (nSPS) is 26.7. The lowest BCUT2D eigenvalue weighted by atomic mass is 9.73. The summed E-state index contributed by atoms with van der Waals surface area (Å²) in [6, 6.07) is 0. The summed E-state index contributed by atoms with van der Waals surface area (Å²) in [6.45, 7) is 16.7. The lowest BCUT2D eigenvalue weighted by molar-refractivity contribution is -0.309. The Kier molecular flexibility index (Phi) is 6.60. The molecule has 22 heavy (non-hydrogen) atoms. The minimum Gasteiger partial charge on any atom is -0.300 e. The predicted octanol–water partition coefficient (Wildman–Crippen LogP) is 5.42. The van der Waals surface area contributed by atoms with Gasteiger partial charge in [-0.15, -0.1) is 6.58 Å². The molecule has 0 aromatic rings. The fraction of sp³-hybridized carbons (Fsp3) is 0.833. The molecule has 2 atom stereocenters. The first kappa shape index (κ1) is 19.6. The average Bonchev–Trinajstić information content (AvgIpc) is 2.42. The number of hydrogen-bond acceptors (Lipinski definition) is 3. The molecule has 1 rings (SSSR count). The number of carbonyl (C=O) groups is 1. The van der Waals surface area contributed by atoms with Crippen LogP contribution in [0.5, 0.6) is 0 Å². The Balaban J connectivity index is 2.83. The van der Waals surface area contributed by atoms with Crippen LogP contribution < -0.4 is 0 Å². The van der Waals surface area contributed by atoms with Gasteiger partial charge < -0.3 is 4.79 Å². The smallest absolute Gasteiger partial charge is 0.238 e. The highest BCUT2D eigenvalue weighted by molar-refractivity contribution is 6.73. The number of carbonyl (C=O) groups excluding carboxylic acids is 1. The van der Waals surface area contributed by atoms with Crippen molar-refractivity contribution in [1.29, 1.82) is 0 Å². The molecule has 1 aliphatic rings. The molecule has 0 heterocycles. The largest absolute Gasteiger partial charge is 0.300 e. The summed E-state index contributed by atoms with van der Waals surface area (Å²) in [5.74, 6) is 0.571. The van der Waals surface area contributed by atoms with E-state index >= 15 is 0 Å². The molecule has 0 radical (unpaired) electrons. The molecule has 1 saturated carbocycles. The van der Waals surface area contributed by atoms with Gasteiger partial charge in [-0.2, -0.15) is 0 Å². The molecule has 3 nitrogen and oxygen atoms in total. The van der Waals surface area contributed by atoms with Crippen LogP contribution >= 0.6 is 0 Å². The highest BCUT2D eigenvalue weighted by Crippen LogP contribution is 2.43. The second-order valence-electron chi connectivity index (χ2n) is 8.27. The summed E-state index contributed by atoms with van der Waals surface area (Å²) in [4.78, 5) is 17.4. The molecule has 0 amide bonds. The minimum absolute atomic E-state index is 0.110. The van der Waals surface area contributed by atoms with Crippen molar-refractivity contribution in [1.82, 2.24) is 0 Å². The van der Waals surface area contributed by atoms with Crippen LogP contribution in [0.2, 0.25) is 18.1 Å². The van der Waals surface area contributed by atoms with Gasteiger partial charge in [-0.05, 0) is 50.2 Å². The van der Waals surface area contributed by atoms with Crippen molar-refractivity contribution in [2.75, 3.05) is 0 Å². The third-order valence-electron chi connectivity index (χ3n) is 5.46. The standard InChI is InChI=1S/C18H34O3Si/c1-8-18(20-21-22(6,7)17(3,4)5)14-10-9-11-16(18)13-12-15(2)19/h8,16H,1,9-14H2,2-7H3. The van der Waals surface area contributed by atoms with Gasteiger partial charge in [0.05, 0.1) is 0 Å². The lowest BCUT2D eigenvalue weighted by Gasteiger charge is -2.44. The van der Waals surface area contributed by atoms with Gasteiger partial charge >= 0.3 is 0 Å². The average molecular weight is 327 g/mol. The van der Waals surface area contributed by atoms with E-state index < -0.39 is 13.9 Å². The summed E-state index contributed by atoms with van der Waals surface area (Å²) in [6.07, 6.45) is 7.74. The second-order valence-corrected chi connectivity index (χ2v) is 13.0. The summed E-state index contributed by atoms with van der Waals surface area (Å²) in [5, 5.41) is 0.110. The van der Waals surface area contributed by atoms with Crippen LogP contribution in [0.15, 0.2) is 12.7 Å². The molecule has 0 saturated heterocycles. The van der Waals surface area contributed by atoms with Crippen LogP contribution in [0.4, 0.5) is 0 Å². The predicted molar refractivity (Wildman–Crippen MR) is 94.2 cm³/mol. The number of ketones is 1. The first-order chi connectivity index (χ1) is 10.0. The second kappa shape index (κ2) is 7.41. The van der Waals surface area contributed by atoms with E-state index in [1.165, 1.54) is 6.42 Å².